The van der Waals surface area contributed by atoms with Gasteiger partial charge >= 0.3 is 0 Å². The fourth-order valence-electron chi connectivity index (χ4n) is 5.73. The first kappa shape index (κ1) is 31.1. The molecule has 2 amide bonds. The van der Waals surface area contributed by atoms with Gasteiger partial charge in [-0.05, 0) is 54.7 Å². The van der Waals surface area contributed by atoms with Gasteiger partial charge in [0.1, 0.15) is 4.75 Å². The van der Waals surface area contributed by atoms with E-state index in [4.69, 9.17) is 14.0 Å². The Morgan fingerprint density at radius 2 is 1.82 bits per heavy atom. The highest BCUT2D eigenvalue weighted by molar-refractivity contribution is 7.92. The second kappa shape index (κ2) is 13.6. The third kappa shape index (κ3) is 7.01. The smallest absolute Gasteiger partial charge is 0.245 e. The lowest BCUT2D eigenvalue weighted by Gasteiger charge is -2.31. The monoisotopic (exact) mass is 650 g/mol. The summed E-state index contributed by atoms with van der Waals surface area (Å²) in [5.41, 5.74) is 5.01. The summed E-state index contributed by atoms with van der Waals surface area (Å²) < 4.78 is 37.8. The van der Waals surface area contributed by atoms with Crippen molar-refractivity contribution in [1.82, 2.24) is 20.3 Å². The summed E-state index contributed by atoms with van der Waals surface area (Å²) in [7, 11) is -3.92. The molecule has 3 aromatic heterocycles. The van der Waals surface area contributed by atoms with Gasteiger partial charge in [-0.2, -0.15) is 0 Å². The molecule has 2 aliphatic heterocycles. The zero-order valence-electron chi connectivity index (χ0n) is 24.6. The van der Waals surface area contributed by atoms with Crippen molar-refractivity contribution in [2.75, 3.05) is 25.4 Å². The fraction of sp³-hybridized carbons (Fsp3) is 0.375. The van der Waals surface area contributed by atoms with Gasteiger partial charge in [-0.1, -0.05) is 24.3 Å². The Labute approximate surface area is 265 Å². The van der Waals surface area contributed by atoms with Crippen molar-refractivity contribution in [3.63, 3.8) is 0 Å². The van der Waals surface area contributed by atoms with E-state index < -0.39 is 26.8 Å². The number of nitrogens with one attached hydrogen (secondary N) is 1. The molecular formula is C32H34N4O7S2. The van der Waals surface area contributed by atoms with Crippen LogP contribution < -0.4 is 5.48 Å². The zero-order chi connectivity index (χ0) is 31.3. The van der Waals surface area contributed by atoms with Crippen molar-refractivity contribution in [3.8, 4) is 21.8 Å². The van der Waals surface area contributed by atoms with Crippen LogP contribution in [0.25, 0.3) is 21.8 Å². The molecule has 2 atom stereocenters. The normalized spacial score (nSPS) is 21.6. The molecule has 2 fully saturated rings. The fourth-order valence-corrected chi connectivity index (χ4v) is 9.34. The van der Waals surface area contributed by atoms with Gasteiger partial charge in [0.15, 0.2) is 28.3 Å². The number of pyridine rings is 1. The van der Waals surface area contributed by atoms with Gasteiger partial charge in [0.05, 0.1) is 24.8 Å². The summed E-state index contributed by atoms with van der Waals surface area (Å²) in [6.07, 6.45) is 8.02. The van der Waals surface area contributed by atoms with Crippen LogP contribution in [0.2, 0.25) is 0 Å². The molecule has 2 aliphatic rings. The van der Waals surface area contributed by atoms with E-state index in [9.17, 15) is 18.0 Å². The molecule has 2 unspecified atom stereocenters. The minimum atomic E-state index is -3.92. The van der Waals surface area contributed by atoms with Crippen LogP contribution in [0.1, 0.15) is 42.5 Å². The largest absolute Gasteiger partial charge is 0.444 e. The van der Waals surface area contributed by atoms with E-state index in [0.29, 0.717) is 23.7 Å². The SMILES string of the molecule is O=C(CC1(c2ccc(-c3ccc(-c4cnco4)cc3)s2)CCN(C(=O)Cc2ccncc2)CCS1(=O)=O)NOC1CCCCO1. The average Bonchev–Trinajstić information content (AvgIpc) is 3.76. The van der Waals surface area contributed by atoms with Crippen LogP contribution in [0.15, 0.2) is 77.9 Å². The number of hydrogen-bond acceptors (Lipinski definition) is 10. The van der Waals surface area contributed by atoms with E-state index in [2.05, 4.69) is 15.4 Å². The third-order valence-electron chi connectivity index (χ3n) is 8.30. The maximum Gasteiger partial charge on any atom is 0.245 e. The number of hydrogen-bond donors (Lipinski definition) is 1. The molecule has 0 saturated carbocycles. The third-order valence-corrected chi connectivity index (χ3v) is 12.2. The Morgan fingerprint density at radius 3 is 2.56 bits per heavy atom. The molecule has 11 nitrogen and oxygen atoms in total. The molecule has 1 N–H and O–H groups in total. The number of sulfone groups is 1. The van der Waals surface area contributed by atoms with E-state index >= 15 is 0 Å². The van der Waals surface area contributed by atoms with E-state index in [1.165, 1.54) is 17.7 Å². The molecule has 6 rings (SSSR count). The molecule has 1 aromatic carbocycles. The standard InChI is InChI=1S/C32H34N4O7S2/c37-29(35-43-31-3-1-2-17-41-31)20-32(12-15-36(16-18-45(32,39)40)30(38)19-23-10-13-33-14-11-23)28-9-8-27(44-28)25-6-4-24(5-7-25)26-21-34-22-42-26/h4-11,13-14,21-22,31H,1-3,12,15-20H2,(H,35,37). The van der Waals surface area contributed by atoms with E-state index in [1.54, 1.807) is 41.7 Å². The molecule has 45 heavy (non-hydrogen) atoms. The Balaban J connectivity index is 1.27. The van der Waals surface area contributed by atoms with Gasteiger partial charge < -0.3 is 14.1 Å². The molecule has 13 heteroatoms. The van der Waals surface area contributed by atoms with Gasteiger partial charge in [-0.25, -0.2) is 23.7 Å². The molecule has 4 aromatic rings. The lowest BCUT2D eigenvalue weighted by Crippen LogP contribution is -2.43. The molecule has 2 saturated heterocycles. The molecular weight excluding hydrogens is 617 g/mol. The first-order valence-corrected chi connectivity index (χ1v) is 17.3. The zero-order valence-corrected chi connectivity index (χ0v) is 26.2. The highest BCUT2D eigenvalue weighted by atomic mass is 32.2. The molecule has 5 heterocycles. The highest BCUT2D eigenvalue weighted by Crippen LogP contribution is 2.45. The predicted molar refractivity (Wildman–Crippen MR) is 167 cm³/mol. The van der Waals surface area contributed by atoms with Crippen molar-refractivity contribution in [2.45, 2.75) is 49.6 Å². The van der Waals surface area contributed by atoms with Gasteiger partial charge in [0.25, 0.3) is 0 Å². The number of carbonyl (C=O) groups is 2. The second-order valence-electron chi connectivity index (χ2n) is 11.2. The maximum absolute atomic E-state index is 14.2. The quantitative estimate of drug-likeness (QED) is 0.259. The van der Waals surface area contributed by atoms with Crippen molar-refractivity contribution in [2.24, 2.45) is 0 Å². The van der Waals surface area contributed by atoms with Gasteiger partial charge in [-0.3, -0.25) is 14.6 Å². The summed E-state index contributed by atoms with van der Waals surface area (Å²) in [4.78, 5) is 43.1. The van der Waals surface area contributed by atoms with Crippen LogP contribution in [0.4, 0.5) is 0 Å². The van der Waals surface area contributed by atoms with Crippen molar-refractivity contribution in [3.05, 3.63) is 84.0 Å². The van der Waals surface area contributed by atoms with Crippen LogP contribution in [0.5, 0.6) is 0 Å². The van der Waals surface area contributed by atoms with Crippen molar-refractivity contribution >= 4 is 33.0 Å². The Bertz CT molecular complexity index is 1700. The molecule has 0 aliphatic carbocycles. The first-order chi connectivity index (χ1) is 21.8. The number of oxazole rings is 1. The number of rotatable bonds is 9. The Morgan fingerprint density at radius 1 is 1.02 bits per heavy atom. The number of amides is 2. The molecule has 0 spiro atoms. The topological polar surface area (TPSA) is 141 Å². The number of hydroxylamine groups is 1. The van der Waals surface area contributed by atoms with Crippen LogP contribution in [-0.4, -0.2) is 66.8 Å². The molecule has 0 radical (unpaired) electrons. The van der Waals surface area contributed by atoms with E-state index in [-0.39, 0.29) is 44.0 Å². The maximum atomic E-state index is 14.2. The van der Waals surface area contributed by atoms with Crippen molar-refractivity contribution in [1.29, 1.82) is 0 Å². The Hall–Kier alpha value is -3.91. The van der Waals surface area contributed by atoms with Gasteiger partial charge in [0.2, 0.25) is 11.8 Å². The number of benzene rings is 1. The van der Waals surface area contributed by atoms with Gasteiger partial charge in [-0.15, -0.1) is 11.3 Å². The number of aromatic nitrogens is 2. The van der Waals surface area contributed by atoms with Crippen LogP contribution in [0.3, 0.4) is 0 Å². The number of ether oxygens (including phenoxy) is 1. The minimum absolute atomic E-state index is 0.0450. The lowest BCUT2D eigenvalue weighted by molar-refractivity contribution is -0.200. The number of carbonyl (C=O) groups excluding carboxylic acids is 2. The van der Waals surface area contributed by atoms with Crippen LogP contribution in [0, 0.1) is 0 Å². The molecule has 0 bridgehead atoms. The van der Waals surface area contributed by atoms with Crippen LogP contribution >= 0.6 is 11.3 Å². The summed E-state index contributed by atoms with van der Waals surface area (Å²) in [6, 6.07) is 14.9. The van der Waals surface area contributed by atoms with E-state index in [1.807, 2.05) is 30.3 Å². The Kier molecular flexibility index (Phi) is 9.40. The van der Waals surface area contributed by atoms with Crippen LogP contribution in [-0.2, 0) is 40.2 Å². The number of thiophene rings is 1. The summed E-state index contributed by atoms with van der Waals surface area (Å²) in [5, 5.41) is 0. The predicted octanol–water partition coefficient (Wildman–Crippen LogP) is 4.51. The number of nitrogens with zero attached hydrogens (tertiary/aromatic N) is 3. The van der Waals surface area contributed by atoms with Crippen molar-refractivity contribution < 1.29 is 32.0 Å². The molecule has 236 valence electrons. The lowest BCUT2D eigenvalue weighted by atomic mass is 9.97. The van der Waals surface area contributed by atoms with Gasteiger partial charge in [0, 0.05) is 53.8 Å². The summed E-state index contributed by atoms with van der Waals surface area (Å²) in [5.74, 6) is -0.357. The highest BCUT2D eigenvalue weighted by Gasteiger charge is 2.50. The average molecular weight is 651 g/mol. The summed E-state index contributed by atoms with van der Waals surface area (Å²) >= 11 is 1.34. The second-order valence-corrected chi connectivity index (χ2v) is 14.7. The summed E-state index contributed by atoms with van der Waals surface area (Å²) in [6.45, 7) is 0.769. The first-order valence-electron chi connectivity index (χ1n) is 14.9. The minimum Gasteiger partial charge on any atom is -0.444 e. The van der Waals surface area contributed by atoms with E-state index in [0.717, 1.165) is 34.4 Å².